The van der Waals surface area contributed by atoms with Gasteiger partial charge in [-0.2, -0.15) is 0 Å². The van der Waals surface area contributed by atoms with Crippen LogP contribution in [0.1, 0.15) is 38.5 Å². The van der Waals surface area contributed by atoms with Crippen molar-refractivity contribution in [2.45, 2.75) is 19.8 Å². The first-order chi connectivity index (χ1) is 15.6. The van der Waals surface area contributed by atoms with Gasteiger partial charge in [0.05, 0.1) is 27.7 Å². The van der Waals surface area contributed by atoms with Crippen LogP contribution in [0.2, 0.25) is 0 Å². The Bertz CT molecular complexity index is 1400. The number of hydrogen-bond acceptors (Lipinski definition) is 4. The molecular weight excluding hydrogens is 402 g/mol. The van der Waals surface area contributed by atoms with Crippen molar-refractivity contribution in [3.8, 4) is 5.69 Å². The zero-order valence-corrected chi connectivity index (χ0v) is 17.6. The average molecular weight is 423 g/mol. The van der Waals surface area contributed by atoms with Crippen LogP contribution in [-0.2, 0) is 6.42 Å². The second-order valence-electron chi connectivity index (χ2n) is 7.88. The van der Waals surface area contributed by atoms with Crippen molar-refractivity contribution in [2.75, 3.05) is 6.54 Å². The minimum Gasteiger partial charge on any atom is -0.274 e. The normalized spacial score (nSPS) is 13.1. The van der Waals surface area contributed by atoms with Crippen LogP contribution in [0, 0.1) is 6.92 Å². The number of carbonyl (C=O) groups excluding carboxylic acids is 2. The van der Waals surface area contributed by atoms with Crippen molar-refractivity contribution < 1.29 is 9.59 Å². The van der Waals surface area contributed by atoms with Crippen LogP contribution in [0.25, 0.3) is 16.6 Å². The number of hydrogen-bond donors (Lipinski definition) is 0. The molecule has 6 nitrogen and oxygen atoms in total. The summed E-state index contributed by atoms with van der Waals surface area (Å²) in [6.45, 7) is 2.22. The maximum atomic E-state index is 13.4. The number of fused-ring (bicyclic) bond motifs is 2. The maximum Gasteiger partial charge on any atom is 0.265 e. The largest absolute Gasteiger partial charge is 0.274 e. The third kappa shape index (κ3) is 3.21. The van der Waals surface area contributed by atoms with E-state index in [1.165, 1.54) is 4.90 Å². The Balaban J connectivity index is 1.48. The number of nitrogens with zero attached hydrogens (tertiary/aromatic N) is 3. The van der Waals surface area contributed by atoms with Crippen LogP contribution in [0.3, 0.4) is 0 Å². The molecule has 0 unspecified atom stereocenters. The van der Waals surface area contributed by atoms with Gasteiger partial charge in [0.1, 0.15) is 5.82 Å². The summed E-state index contributed by atoms with van der Waals surface area (Å²) in [6, 6.07) is 21.8. The van der Waals surface area contributed by atoms with E-state index in [4.69, 9.17) is 4.98 Å². The zero-order valence-electron chi connectivity index (χ0n) is 17.6. The molecule has 1 aromatic heterocycles. The number of imide groups is 1. The van der Waals surface area contributed by atoms with Crippen molar-refractivity contribution >= 4 is 22.7 Å². The molecule has 3 aromatic carbocycles. The van der Waals surface area contributed by atoms with Crippen LogP contribution in [-0.4, -0.2) is 32.8 Å². The SMILES string of the molecule is Cc1ccccc1-n1c(CCCN2C(=O)c3ccccc3C2=O)nc2ccccc2c1=O. The molecule has 4 aromatic rings. The van der Waals surface area contributed by atoms with Crippen LogP contribution >= 0.6 is 0 Å². The van der Waals surface area contributed by atoms with E-state index in [-0.39, 0.29) is 23.9 Å². The highest BCUT2D eigenvalue weighted by molar-refractivity contribution is 6.21. The lowest BCUT2D eigenvalue weighted by molar-refractivity contribution is 0.0652. The highest BCUT2D eigenvalue weighted by Crippen LogP contribution is 2.23. The molecule has 1 aliphatic rings. The monoisotopic (exact) mass is 423 g/mol. The van der Waals surface area contributed by atoms with Crippen LogP contribution < -0.4 is 5.56 Å². The summed E-state index contributed by atoms with van der Waals surface area (Å²) < 4.78 is 1.65. The fraction of sp³-hybridized carbons (Fsp3) is 0.154. The number of aromatic nitrogens is 2. The minimum absolute atomic E-state index is 0.124. The van der Waals surface area contributed by atoms with E-state index in [9.17, 15) is 14.4 Å². The lowest BCUT2D eigenvalue weighted by atomic mass is 10.1. The van der Waals surface area contributed by atoms with Gasteiger partial charge in [-0.25, -0.2) is 4.98 Å². The molecule has 0 N–H and O–H groups in total. The summed E-state index contributed by atoms with van der Waals surface area (Å²) in [5, 5.41) is 0.555. The predicted molar refractivity (Wildman–Crippen MR) is 122 cm³/mol. The third-order valence-electron chi connectivity index (χ3n) is 5.86. The highest BCUT2D eigenvalue weighted by Gasteiger charge is 2.34. The van der Waals surface area contributed by atoms with Gasteiger partial charge in [0, 0.05) is 13.0 Å². The van der Waals surface area contributed by atoms with Crippen molar-refractivity contribution in [2.24, 2.45) is 0 Å². The number of benzene rings is 3. The van der Waals surface area contributed by atoms with Gasteiger partial charge >= 0.3 is 0 Å². The second-order valence-corrected chi connectivity index (χ2v) is 7.88. The zero-order chi connectivity index (χ0) is 22.2. The van der Waals surface area contributed by atoms with Crippen LogP contribution in [0.15, 0.2) is 77.6 Å². The van der Waals surface area contributed by atoms with Gasteiger partial charge in [-0.3, -0.25) is 23.9 Å². The van der Waals surface area contributed by atoms with E-state index < -0.39 is 0 Å². The average Bonchev–Trinajstić information content (AvgIpc) is 3.05. The Labute approximate surface area is 184 Å². The molecule has 2 amide bonds. The van der Waals surface area contributed by atoms with Gasteiger partial charge < -0.3 is 0 Å². The van der Waals surface area contributed by atoms with E-state index in [0.29, 0.717) is 40.7 Å². The Morgan fingerprint density at radius 3 is 2.12 bits per heavy atom. The summed E-state index contributed by atoms with van der Waals surface area (Å²) >= 11 is 0. The molecule has 158 valence electrons. The quantitative estimate of drug-likeness (QED) is 0.456. The van der Waals surface area contributed by atoms with Crippen molar-refractivity contribution in [3.63, 3.8) is 0 Å². The van der Waals surface area contributed by atoms with Crippen LogP contribution in [0.5, 0.6) is 0 Å². The number of amides is 2. The first-order valence-corrected chi connectivity index (χ1v) is 10.6. The first-order valence-electron chi connectivity index (χ1n) is 10.6. The topological polar surface area (TPSA) is 72.3 Å². The lowest BCUT2D eigenvalue weighted by Gasteiger charge is -2.17. The van der Waals surface area contributed by atoms with E-state index in [1.807, 2.05) is 49.4 Å². The molecular formula is C26H21N3O3. The summed E-state index contributed by atoms with van der Waals surface area (Å²) in [4.78, 5) is 44.7. The fourth-order valence-corrected chi connectivity index (χ4v) is 4.25. The Hall–Kier alpha value is -4.06. The molecule has 6 heteroatoms. The third-order valence-corrected chi connectivity index (χ3v) is 5.86. The molecule has 0 saturated carbocycles. The number of carbonyl (C=O) groups is 2. The summed E-state index contributed by atoms with van der Waals surface area (Å²) in [7, 11) is 0. The molecule has 2 heterocycles. The maximum absolute atomic E-state index is 13.4. The Morgan fingerprint density at radius 1 is 0.781 bits per heavy atom. The van der Waals surface area contributed by atoms with Gasteiger partial charge in [-0.1, -0.05) is 42.5 Å². The van der Waals surface area contributed by atoms with Crippen LogP contribution in [0.4, 0.5) is 0 Å². The van der Waals surface area contributed by atoms with Crippen molar-refractivity contribution in [1.82, 2.24) is 14.5 Å². The van der Waals surface area contributed by atoms with Gasteiger partial charge in [0.25, 0.3) is 17.4 Å². The molecule has 0 saturated heterocycles. The lowest BCUT2D eigenvalue weighted by Crippen LogP contribution is -2.31. The predicted octanol–water partition coefficient (Wildman–Crippen LogP) is 3.92. The highest BCUT2D eigenvalue weighted by atomic mass is 16.2. The Kier molecular flexibility index (Phi) is 4.90. The number of para-hydroxylation sites is 2. The Morgan fingerprint density at radius 2 is 1.41 bits per heavy atom. The van der Waals surface area contributed by atoms with Gasteiger partial charge in [0.2, 0.25) is 0 Å². The summed E-state index contributed by atoms with van der Waals surface area (Å²) in [5.74, 6) is 0.0707. The number of rotatable bonds is 5. The van der Waals surface area contributed by atoms with Gasteiger partial charge in [-0.05, 0) is 49.2 Å². The molecule has 0 spiro atoms. The summed E-state index contributed by atoms with van der Waals surface area (Å²) in [5.41, 5.74) is 3.15. The molecule has 0 bridgehead atoms. The molecule has 0 fully saturated rings. The fourth-order valence-electron chi connectivity index (χ4n) is 4.25. The van der Waals surface area contributed by atoms with E-state index in [2.05, 4.69) is 0 Å². The van der Waals surface area contributed by atoms with Crippen molar-refractivity contribution in [3.05, 3.63) is 106 Å². The molecule has 0 atom stereocenters. The second kappa shape index (κ2) is 7.89. The van der Waals surface area contributed by atoms with Gasteiger partial charge in [-0.15, -0.1) is 0 Å². The summed E-state index contributed by atoms with van der Waals surface area (Å²) in [6.07, 6.45) is 0.948. The molecule has 1 aliphatic heterocycles. The molecule has 0 aliphatic carbocycles. The minimum atomic E-state index is -0.270. The molecule has 0 radical (unpaired) electrons. The van der Waals surface area contributed by atoms with Gasteiger partial charge in [0.15, 0.2) is 0 Å². The molecule has 32 heavy (non-hydrogen) atoms. The van der Waals surface area contributed by atoms with E-state index in [1.54, 1.807) is 34.9 Å². The first kappa shape index (κ1) is 19.9. The standard InChI is InChI=1S/C26H21N3O3/c1-17-9-2-7-14-22(17)29-23(27-21-13-6-5-12-20(21)26(29)32)15-8-16-28-24(30)18-10-3-4-11-19(18)25(28)31/h2-7,9-14H,8,15-16H2,1H3. The van der Waals surface area contributed by atoms with Crippen molar-refractivity contribution in [1.29, 1.82) is 0 Å². The van der Waals surface area contributed by atoms with E-state index in [0.717, 1.165) is 11.3 Å². The smallest absolute Gasteiger partial charge is 0.265 e. The molecule has 5 rings (SSSR count). The number of aryl methyl sites for hydroxylation is 2. The van der Waals surface area contributed by atoms with E-state index >= 15 is 0 Å².